The largest absolute Gasteiger partial charge is 0.440 e. The number of hydrogen-bond acceptors (Lipinski definition) is 4. The molecule has 0 radical (unpaired) electrons. The standard InChI is InChI=1S/C11H10ClNO3S/c12-17(14,15)6-7-1-4-10-9(5-7)13-11(16-10)8-2-3-8/h1,4-5,8H,2-3,6H2. The number of aromatic nitrogens is 1. The van der Waals surface area contributed by atoms with Gasteiger partial charge in [0, 0.05) is 16.6 Å². The van der Waals surface area contributed by atoms with Crippen molar-refractivity contribution in [3.8, 4) is 0 Å². The first kappa shape index (κ1) is 11.0. The lowest BCUT2D eigenvalue weighted by molar-refractivity contribution is 0.533. The van der Waals surface area contributed by atoms with Gasteiger partial charge in [0.05, 0.1) is 5.75 Å². The summed E-state index contributed by atoms with van der Waals surface area (Å²) in [4.78, 5) is 4.36. The fourth-order valence-corrected chi connectivity index (χ4v) is 2.74. The van der Waals surface area contributed by atoms with Crippen molar-refractivity contribution in [2.45, 2.75) is 24.5 Å². The van der Waals surface area contributed by atoms with Gasteiger partial charge in [0.25, 0.3) is 0 Å². The Hall–Kier alpha value is -1.07. The lowest BCUT2D eigenvalue weighted by Crippen LogP contribution is -1.94. The number of rotatable bonds is 3. The second-order valence-corrected chi connectivity index (χ2v) is 7.09. The molecule has 1 fully saturated rings. The number of halogens is 1. The molecule has 17 heavy (non-hydrogen) atoms. The van der Waals surface area contributed by atoms with Gasteiger partial charge in [0.15, 0.2) is 11.5 Å². The number of oxazole rings is 1. The molecule has 1 aromatic heterocycles. The van der Waals surface area contributed by atoms with Crippen LogP contribution in [0.25, 0.3) is 11.1 Å². The summed E-state index contributed by atoms with van der Waals surface area (Å²) in [6, 6.07) is 5.15. The van der Waals surface area contributed by atoms with Crippen LogP contribution in [0.4, 0.5) is 0 Å². The molecule has 0 aliphatic heterocycles. The van der Waals surface area contributed by atoms with Crippen LogP contribution < -0.4 is 0 Å². The Morgan fingerprint density at radius 2 is 2.18 bits per heavy atom. The van der Waals surface area contributed by atoms with Gasteiger partial charge in [-0.05, 0) is 30.5 Å². The topological polar surface area (TPSA) is 60.2 Å². The Balaban J connectivity index is 2.00. The van der Waals surface area contributed by atoms with Crippen molar-refractivity contribution < 1.29 is 12.8 Å². The van der Waals surface area contributed by atoms with Gasteiger partial charge in [0.1, 0.15) is 5.52 Å². The van der Waals surface area contributed by atoms with E-state index >= 15 is 0 Å². The second kappa shape index (κ2) is 3.71. The smallest absolute Gasteiger partial charge is 0.236 e. The minimum absolute atomic E-state index is 0.184. The van der Waals surface area contributed by atoms with Crippen molar-refractivity contribution in [1.29, 1.82) is 0 Å². The number of fused-ring (bicyclic) bond motifs is 1. The molecule has 1 aliphatic rings. The van der Waals surface area contributed by atoms with Gasteiger partial charge in [-0.3, -0.25) is 0 Å². The zero-order valence-corrected chi connectivity index (χ0v) is 10.5. The molecule has 3 rings (SSSR count). The molecule has 0 saturated heterocycles. The summed E-state index contributed by atoms with van der Waals surface area (Å²) in [6.07, 6.45) is 2.24. The van der Waals surface area contributed by atoms with Gasteiger partial charge in [0.2, 0.25) is 9.05 Å². The molecule has 1 heterocycles. The van der Waals surface area contributed by atoms with Gasteiger partial charge >= 0.3 is 0 Å². The van der Waals surface area contributed by atoms with E-state index in [-0.39, 0.29) is 5.75 Å². The van der Waals surface area contributed by atoms with E-state index in [1.807, 2.05) is 0 Å². The summed E-state index contributed by atoms with van der Waals surface area (Å²) in [5.74, 6) is 1.02. The summed E-state index contributed by atoms with van der Waals surface area (Å²) in [6.45, 7) is 0. The highest BCUT2D eigenvalue weighted by atomic mass is 35.7. The van der Waals surface area contributed by atoms with Gasteiger partial charge in [-0.15, -0.1) is 0 Å². The van der Waals surface area contributed by atoms with E-state index in [1.54, 1.807) is 18.2 Å². The molecule has 1 aliphatic carbocycles. The zero-order valence-electron chi connectivity index (χ0n) is 8.89. The summed E-state index contributed by atoms with van der Waals surface area (Å²) >= 11 is 0. The fourth-order valence-electron chi connectivity index (χ4n) is 1.78. The van der Waals surface area contributed by atoms with Crippen LogP contribution in [0.2, 0.25) is 0 Å². The Morgan fingerprint density at radius 3 is 2.82 bits per heavy atom. The third kappa shape index (κ3) is 2.45. The molecule has 0 atom stereocenters. The maximum atomic E-state index is 11.0. The van der Waals surface area contributed by atoms with Crippen molar-refractivity contribution in [2.24, 2.45) is 0 Å². The Labute approximate surface area is 103 Å². The zero-order chi connectivity index (χ0) is 12.0. The average molecular weight is 272 g/mol. The first-order chi connectivity index (χ1) is 8.01. The van der Waals surface area contributed by atoms with Crippen LogP contribution in [-0.4, -0.2) is 13.4 Å². The summed E-state index contributed by atoms with van der Waals surface area (Å²) in [5.41, 5.74) is 2.02. The van der Waals surface area contributed by atoms with Gasteiger partial charge < -0.3 is 4.42 Å². The van der Waals surface area contributed by atoms with Crippen LogP contribution in [0.15, 0.2) is 22.6 Å². The van der Waals surface area contributed by atoms with Crippen LogP contribution in [0, 0.1) is 0 Å². The number of hydrogen-bond donors (Lipinski definition) is 0. The average Bonchev–Trinajstić information content (AvgIpc) is 2.96. The Bertz CT molecular complexity index is 673. The highest BCUT2D eigenvalue weighted by Gasteiger charge is 2.28. The van der Waals surface area contributed by atoms with Gasteiger partial charge in [-0.2, -0.15) is 0 Å². The van der Waals surface area contributed by atoms with Crippen LogP contribution in [0.5, 0.6) is 0 Å². The van der Waals surface area contributed by atoms with Crippen LogP contribution in [0.1, 0.15) is 30.2 Å². The molecule has 0 amide bonds. The Kier molecular flexibility index (Phi) is 2.41. The van der Waals surface area contributed by atoms with E-state index < -0.39 is 9.05 Å². The highest BCUT2D eigenvalue weighted by molar-refractivity contribution is 8.13. The maximum absolute atomic E-state index is 11.0. The molecular weight excluding hydrogens is 262 g/mol. The van der Waals surface area contributed by atoms with Gasteiger partial charge in [-0.1, -0.05) is 6.07 Å². The van der Waals surface area contributed by atoms with Crippen molar-refractivity contribution in [3.63, 3.8) is 0 Å². The monoisotopic (exact) mass is 271 g/mol. The summed E-state index contributed by atoms with van der Waals surface area (Å²) in [7, 11) is 1.68. The molecular formula is C11H10ClNO3S. The summed E-state index contributed by atoms with van der Waals surface area (Å²) in [5, 5.41) is 0. The molecule has 0 bridgehead atoms. The predicted molar refractivity (Wildman–Crippen MR) is 64.5 cm³/mol. The SMILES string of the molecule is O=S(=O)(Cl)Cc1ccc2oc(C3CC3)nc2c1. The fraction of sp³-hybridized carbons (Fsp3) is 0.364. The van der Waals surface area contributed by atoms with E-state index in [0.29, 0.717) is 22.6 Å². The molecule has 90 valence electrons. The van der Waals surface area contributed by atoms with Crippen molar-refractivity contribution >= 4 is 30.8 Å². The lowest BCUT2D eigenvalue weighted by Gasteiger charge is -1.96. The van der Waals surface area contributed by atoms with Crippen molar-refractivity contribution in [1.82, 2.24) is 4.98 Å². The number of nitrogens with zero attached hydrogens (tertiary/aromatic N) is 1. The minimum Gasteiger partial charge on any atom is -0.440 e. The summed E-state index contributed by atoms with van der Waals surface area (Å²) < 4.78 is 27.5. The second-order valence-electron chi connectivity index (χ2n) is 4.31. The highest BCUT2D eigenvalue weighted by Crippen LogP contribution is 2.40. The molecule has 4 nitrogen and oxygen atoms in total. The third-order valence-corrected chi connectivity index (χ3v) is 3.74. The first-order valence-corrected chi connectivity index (χ1v) is 7.81. The number of benzene rings is 1. The minimum atomic E-state index is -3.53. The van der Waals surface area contributed by atoms with Crippen molar-refractivity contribution in [3.05, 3.63) is 29.7 Å². The van der Waals surface area contributed by atoms with E-state index in [4.69, 9.17) is 15.1 Å². The van der Waals surface area contributed by atoms with Crippen LogP contribution in [0.3, 0.4) is 0 Å². The molecule has 6 heteroatoms. The van der Waals surface area contributed by atoms with E-state index in [2.05, 4.69) is 4.98 Å². The molecule has 0 spiro atoms. The molecule has 1 aromatic carbocycles. The van der Waals surface area contributed by atoms with E-state index in [0.717, 1.165) is 18.7 Å². The normalized spacial score (nSPS) is 16.5. The van der Waals surface area contributed by atoms with Crippen LogP contribution >= 0.6 is 10.7 Å². The molecule has 1 saturated carbocycles. The molecule has 0 unspecified atom stereocenters. The first-order valence-electron chi connectivity index (χ1n) is 5.33. The van der Waals surface area contributed by atoms with Crippen molar-refractivity contribution in [2.75, 3.05) is 0 Å². The molecule has 2 aromatic rings. The van der Waals surface area contributed by atoms with Crippen LogP contribution in [-0.2, 0) is 14.8 Å². The van der Waals surface area contributed by atoms with E-state index in [9.17, 15) is 8.42 Å². The molecule has 0 N–H and O–H groups in total. The van der Waals surface area contributed by atoms with Gasteiger partial charge in [-0.25, -0.2) is 13.4 Å². The maximum Gasteiger partial charge on any atom is 0.236 e. The quantitative estimate of drug-likeness (QED) is 0.806. The third-order valence-electron chi connectivity index (χ3n) is 2.73. The Morgan fingerprint density at radius 1 is 1.41 bits per heavy atom. The lowest BCUT2D eigenvalue weighted by atomic mass is 10.2. The predicted octanol–water partition coefficient (Wildman–Crippen LogP) is 2.77. The van der Waals surface area contributed by atoms with E-state index in [1.165, 1.54) is 0 Å².